The van der Waals surface area contributed by atoms with E-state index < -0.39 is 0 Å². The molecule has 4 heteroatoms. The summed E-state index contributed by atoms with van der Waals surface area (Å²) in [6, 6.07) is 0.640. The van der Waals surface area contributed by atoms with Crippen LogP contribution < -0.4 is 5.32 Å². The van der Waals surface area contributed by atoms with Gasteiger partial charge in [0.25, 0.3) is 0 Å². The Hall–Kier alpha value is -0.540. The summed E-state index contributed by atoms with van der Waals surface area (Å²) in [5.74, 6) is 1.08. The van der Waals surface area contributed by atoms with E-state index in [1.807, 2.05) is 19.3 Å². The molecule has 0 aliphatic heterocycles. The number of alkyl halides is 1. The highest BCUT2D eigenvalue weighted by Crippen LogP contribution is 2.24. The Morgan fingerprint density at radius 3 is 3.00 bits per heavy atom. The third-order valence-corrected chi connectivity index (χ3v) is 3.15. The summed E-state index contributed by atoms with van der Waals surface area (Å²) < 4.78 is 2.16. The van der Waals surface area contributed by atoms with Crippen molar-refractivity contribution in [2.45, 2.75) is 37.7 Å². The molecule has 0 spiro atoms. The lowest BCUT2D eigenvalue weighted by Gasteiger charge is -2.31. The SMILES string of the molecule is Cc1nccn1CCNC1CC(Cl)C1. The van der Waals surface area contributed by atoms with Gasteiger partial charge in [0.15, 0.2) is 0 Å². The number of imidazole rings is 1. The summed E-state index contributed by atoms with van der Waals surface area (Å²) >= 11 is 5.89. The van der Waals surface area contributed by atoms with Gasteiger partial charge >= 0.3 is 0 Å². The lowest BCUT2D eigenvalue weighted by atomic mass is 9.92. The third kappa shape index (κ3) is 2.28. The molecule has 2 rings (SSSR count). The van der Waals surface area contributed by atoms with E-state index in [9.17, 15) is 0 Å². The maximum absolute atomic E-state index is 5.89. The zero-order valence-corrected chi connectivity index (χ0v) is 9.17. The van der Waals surface area contributed by atoms with Crippen molar-refractivity contribution in [3.8, 4) is 0 Å². The summed E-state index contributed by atoms with van der Waals surface area (Å²) in [7, 11) is 0. The fourth-order valence-corrected chi connectivity index (χ4v) is 2.17. The number of rotatable bonds is 4. The van der Waals surface area contributed by atoms with Crippen molar-refractivity contribution >= 4 is 11.6 Å². The van der Waals surface area contributed by atoms with Gasteiger partial charge in [-0.05, 0) is 19.8 Å². The molecule has 1 aliphatic rings. The average Bonchev–Trinajstić information content (AvgIpc) is 2.49. The molecule has 78 valence electrons. The van der Waals surface area contributed by atoms with Gasteiger partial charge in [-0.1, -0.05) is 0 Å². The summed E-state index contributed by atoms with van der Waals surface area (Å²) in [5, 5.41) is 3.89. The zero-order chi connectivity index (χ0) is 9.97. The van der Waals surface area contributed by atoms with Gasteiger partial charge in [-0.3, -0.25) is 0 Å². The highest BCUT2D eigenvalue weighted by Gasteiger charge is 2.26. The fourth-order valence-electron chi connectivity index (χ4n) is 1.74. The van der Waals surface area contributed by atoms with Crippen molar-refractivity contribution in [1.82, 2.24) is 14.9 Å². The minimum Gasteiger partial charge on any atom is -0.334 e. The molecule has 0 radical (unpaired) electrons. The van der Waals surface area contributed by atoms with Crippen LogP contribution in [-0.2, 0) is 6.54 Å². The van der Waals surface area contributed by atoms with E-state index in [1.54, 1.807) is 0 Å². The number of hydrogen-bond donors (Lipinski definition) is 1. The Kier molecular flexibility index (Phi) is 3.08. The van der Waals surface area contributed by atoms with Crippen LogP contribution in [0.3, 0.4) is 0 Å². The molecule has 0 bridgehead atoms. The van der Waals surface area contributed by atoms with E-state index in [4.69, 9.17) is 11.6 Å². The summed E-state index contributed by atoms with van der Waals surface area (Å²) in [4.78, 5) is 4.17. The Morgan fingerprint density at radius 2 is 2.43 bits per heavy atom. The number of nitrogens with one attached hydrogen (secondary N) is 1. The largest absolute Gasteiger partial charge is 0.334 e. The Bertz CT molecular complexity index is 291. The van der Waals surface area contributed by atoms with Gasteiger partial charge in [0.1, 0.15) is 5.82 Å². The van der Waals surface area contributed by atoms with E-state index in [0.717, 1.165) is 31.8 Å². The highest BCUT2D eigenvalue weighted by atomic mass is 35.5. The van der Waals surface area contributed by atoms with Crippen molar-refractivity contribution in [3.63, 3.8) is 0 Å². The molecule has 1 aromatic heterocycles. The molecule has 1 N–H and O–H groups in total. The van der Waals surface area contributed by atoms with Crippen molar-refractivity contribution in [1.29, 1.82) is 0 Å². The van der Waals surface area contributed by atoms with Crippen molar-refractivity contribution in [3.05, 3.63) is 18.2 Å². The van der Waals surface area contributed by atoms with Crippen LogP contribution in [0, 0.1) is 6.92 Å². The normalized spacial score (nSPS) is 26.1. The van der Waals surface area contributed by atoms with Gasteiger partial charge in [-0.25, -0.2) is 4.98 Å². The molecule has 1 aliphatic carbocycles. The lowest BCUT2D eigenvalue weighted by Crippen LogP contribution is -2.43. The Labute approximate surface area is 89.5 Å². The number of halogens is 1. The first kappa shape index (κ1) is 9.99. The molecule has 0 unspecified atom stereocenters. The second-order valence-corrected chi connectivity index (χ2v) is 4.50. The maximum atomic E-state index is 5.89. The molecular formula is C10H16ClN3. The lowest BCUT2D eigenvalue weighted by molar-refractivity contribution is 0.341. The summed E-state index contributed by atoms with van der Waals surface area (Å²) in [5.41, 5.74) is 0. The molecule has 3 nitrogen and oxygen atoms in total. The first-order valence-electron chi connectivity index (χ1n) is 5.11. The van der Waals surface area contributed by atoms with Gasteiger partial charge in [0, 0.05) is 36.9 Å². The topological polar surface area (TPSA) is 29.9 Å². The van der Waals surface area contributed by atoms with Crippen LogP contribution in [0.2, 0.25) is 0 Å². The van der Waals surface area contributed by atoms with Gasteiger partial charge in [-0.15, -0.1) is 11.6 Å². The first-order valence-corrected chi connectivity index (χ1v) is 5.54. The van der Waals surface area contributed by atoms with Crippen LogP contribution in [0.15, 0.2) is 12.4 Å². The van der Waals surface area contributed by atoms with Crippen LogP contribution in [-0.4, -0.2) is 27.5 Å². The fraction of sp³-hybridized carbons (Fsp3) is 0.700. The molecule has 1 heterocycles. The van der Waals surface area contributed by atoms with E-state index in [2.05, 4.69) is 14.9 Å². The third-order valence-electron chi connectivity index (χ3n) is 2.79. The van der Waals surface area contributed by atoms with Crippen LogP contribution in [0.1, 0.15) is 18.7 Å². The van der Waals surface area contributed by atoms with E-state index >= 15 is 0 Å². The van der Waals surface area contributed by atoms with Crippen molar-refractivity contribution in [2.75, 3.05) is 6.54 Å². The average molecular weight is 214 g/mol. The number of aryl methyl sites for hydroxylation is 1. The monoisotopic (exact) mass is 213 g/mol. The van der Waals surface area contributed by atoms with Crippen LogP contribution >= 0.6 is 11.6 Å². The predicted molar refractivity (Wildman–Crippen MR) is 57.6 cm³/mol. The Morgan fingerprint density at radius 1 is 1.64 bits per heavy atom. The number of aromatic nitrogens is 2. The highest BCUT2D eigenvalue weighted by molar-refractivity contribution is 6.21. The predicted octanol–water partition coefficient (Wildman–Crippen LogP) is 1.55. The second-order valence-electron chi connectivity index (χ2n) is 3.89. The van der Waals surface area contributed by atoms with Gasteiger partial charge in [-0.2, -0.15) is 0 Å². The van der Waals surface area contributed by atoms with E-state index in [-0.39, 0.29) is 0 Å². The summed E-state index contributed by atoms with van der Waals surface area (Å²) in [6.07, 6.45) is 6.09. The second kappa shape index (κ2) is 4.32. The molecule has 0 amide bonds. The molecule has 0 atom stereocenters. The maximum Gasteiger partial charge on any atom is 0.105 e. The van der Waals surface area contributed by atoms with Crippen LogP contribution in [0.4, 0.5) is 0 Å². The smallest absolute Gasteiger partial charge is 0.105 e. The van der Waals surface area contributed by atoms with E-state index in [0.29, 0.717) is 11.4 Å². The minimum atomic E-state index is 0.405. The molecule has 1 fully saturated rings. The molecule has 1 aromatic rings. The van der Waals surface area contributed by atoms with Crippen molar-refractivity contribution in [2.24, 2.45) is 0 Å². The number of nitrogens with zero attached hydrogens (tertiary/aromatic N) is 2. The van der Waals surface area contributed by atoms with Gasteiger partial charge in [0.2, 0.25) is 0 Å². The van der Waals surface area contributed by atoms with Crippen molar-refractivity contribution < 1.29 is 0 Å². The zero-order valence-electron chi connectivity index (χ0n) is 8.41. The van der Waals surface area contributed by atoms with Crippen LogP contribution in [0.25, 0.3) is 0 Å². The first-order chi connectivity index (χ1) is 6.75. The quantitative estimate of drug-likeness (QED) is 0.770. The molecule has 0 saturated heterocycles. The van der Waals surface area contributed by atoms with Gasteiger partial charge < -0.3 is 9.88 Å². The van der Waals surface area contributed by atoms with Gasteiger partial charge in [0.05, 0.1) is 0 Å². The summed E-state index contributed by atoms with van der Waals surface area (Å²) in [6.45, 7) is 4.03. The standard InChI is InChI=1S/C10H16ClN3/c1-8-12-2-4-14(8)5-3-13-10-6-9(11)7-10/h2,4,9-10,13H,3,5-7H2,1H3. The molecular weight excluding hydrogens is 198 g/mol. The molecule has 14 heavy (non-hydrogen) atoms. The number of hydrogen-bond acceptors (Lipinski definition) is 2. The Balaban J connectivity index is 1.66. The van der Waals surface area contributed by atoms with Crippen LogP contribution in [0.5, 0.6) is 0 Å². The minimum absolute atomic E-state index is 0.405. The molecule has 1 saturated carbocycles. The molecule has 0 aromatic carbocycles. The van der Waals surface area contributed by atoms with E-state index in [1.165, 1.54) is 0 Å².